The van der Waals surface area contributed by atoms with Gasteiger partial charge in [-0.15, -0.1) is 10.2 Å². The molecule has 1 aliphatic rings. The summed E-state index contributed by atoms with van der Waals surface area (Å²) in [6.45, 7) is 2.58. The smallest absolute Gasteiger partial charge is 0.301 e. The number of ether oxygens (including phenoxy) is 3. The molecule has 0 spiro atoms. The lowest BCUT2D eigenvalue weighted by molar-refractivity contribution is -0.132. The zero-order chi connectivity index (χ0) is 32.2. The van der Waals surface area contributed by atoms with Crippen molar-refractivity contribution in [1.29, 1.82) is 0 Å². The van der Waals surface area contributed by atoms with Gasteiger partial charge in [-0.1, -0.05) is 84.6 Å². The van der Waals surface area contributed by atoms with Crippen molar-refractivity contribution in [3.63, 3.8) is 0 Å². The van der Waals surface area contributed by atoms with Gasteiger partial charge in [0.05, 0.1) is 32.4 Å². The van der Waals surface area contributed by atoms with Crippen LogP contribution in [0.3, 0.4) is 0 Å². The van der Waals surface area contributed by atoms with Crippen molar-refractivity contribution in [2.45, 2.75) is 29.5 Å². The Morgan fingerprint density at radius 3 is 2.46 bits per heavy atom. The number of aliphatic hydroxyl groups excluding tert-OH is 1. The number of benzene rings is 4. The van der Waals surface area contributed by atoms with Crippen molar-refractivity contribution in [2.75, 3.05) is 25.7 Å². The van der Waals surface area contributed by atoms with Crippen molar-refractivity contribution in [2.24, 2.45) is 0 Å². The maximum absolute atomic E-state index is 13.7. The van der Waals surface area contributed by atoms with Crippen LogP contribution in [0, 0.1) is 0 Å². The first kappa shape index (κ1) is 31.1. The summed E-state index contributed by atoms with van der Waals surface area (Å²) in [5, 5.41) is 22.9. The van der Waals surface area contributed by atoms with Crippen LogP contribution in [0.4, 0.5) is 5.13 Å². The average Bonchev–Trinajstić information content (AvgIpc) is 3.67. The minimum atomic E-state index is -0.961. The summed E-state index contributed by atoms with van der Waals surface area (Å²) in [6, 6.07) is 25.4. The number of anilines is 1. The zero-order valence-electron chi connectivity index (χ0n) is 25.4. The molecule has 6 rings (SSSR count). The van der Waals surface area contributed by atoms with Gasteiger partial charge in [0.2, 0.25) is 5.13 Å². The average molecular weight is 654 g/mol. The molecule has 46 heavy (non-hydrogen) atoms. The molecule has 1 saturated heterocycles. The molecule has 1 atom stereocenters. The first-order valence-corrected chi connectivity index (χ1v) is 16.4. The molecule has 1 fully saturated rings. The molecule has 1 aliphatic heterocycles. The fraction of sp³-hybridized carbons (Fsp3) is 0.200. The second kappa shape index (κ2) is 13.6. The maximum Gasteiger partial charge on any atom is 0.301 e. The number of fused-ring (bicyclic) bond motifs is 1. The predicted octanol–water partition coefficient (Wildman–Crippen LogP) is 7.42. The van der Waals surface area contributed by atoms with E-state index in [1.165, 1.54) is 42.2 Å². The summed E-state index contributed by atoms with van der Waals surface area (Å²) in [5.41, 5.74) is 1.98. The van der Waals surface area contributed by atoms with Gasteiger partial charge in [-0.25, -0.2) is 0 Å². The van der Waals surface area contributed by atoms with Gasteiger partial charge in [0.15, 0.2) is 15.8 Å². The molecular weight excluding hydrogens is 623 g/mol. The number of nitrogens with zero attached hydrogens (tertiary/aromatic N) is 3. The normalized spacial score (nSPS) is 15.8. The number of hydrogen-bond donors (Lipinski definition) is 1. The Bertz CT molecular complexity index is 1930. The van der Waals surface area contributed by atoms with Crippen LogP contribution < -0.4 is 19.1 Å². The third kappa shape index (κ3) is 6.03. The van der Waals surface area contributed by atoms with Gasteiger partial charge in [0.1, 0.15) is 11.5 Å². The Kier molecular flexibility index (Phi) is 9.23. The highest BCUT2D eigenvalue weighted by atomic mass is 32.2. The SMILES string of the molecule is CCCOc1ccc(C2/C(=C(\O)c3ccc(OC)c(OC)c3)C(=O)C(=O)N2c2nnc(SCc3cccc4ccccc34)s2)cc1. The highest BCUT2D eigenvalue weighted by Crippen LogP contribution is 2.45. The first-order valence-electron chi connectivity index (χ1n) is 14.6. The summed E-state index contributed by atoms with van der Waals surface area (Å²) >= 11 is 2.73. The van der Waals surface area contributed by atoms with Crippen LogP contribution in [0.15, 0.2) is 94.8 Å². The quantitative estimate of drug-likeness (QED) is 0.0512. The van der Waals surface area contributed by atoms with Gasteiger partial charge in [-0.3, -0.25) is 14.5 Å². The Balaban J connectivity index is 1.37. The number of methoxy groups -OCH3 is 2. The third-order valence-electron chi connectivity index (χ3n) is 7.60. The summed E-state index contributed by atoms with van der Waals surface area (Å²) in [7, 11) is 2.99. The van der Waals surface area contributed by atoms with E-state index in [4.69, 9.17) is 14.2 Å². The van der Waals surface area contributed by atoms with Crippen LogP contribution in [0.1, 0.15) is 36.1 Å². The molecule has 5 aromatic rings. The van der Waals surface area contributed by atoms with Crippen LogP contribution in [0.2, 0.25) is 0 Å². The van der Waals surface area contributed by atoms with E-state index in [9.17, 15) is 14.7 Å². The fourth-order valence-electron chi connectivity index (χ4n) is 5.37. The minimum absolute atomic E-state index is 0.0698. The number of aliphatic hydroxyl groups is 1. The third-order valence-corrected chi connectivity index (χ3v) is 9.71. The predicted molar refractivity (Wildman–Crippen MR) is 180 cm³/mol. The minimum Gasteiger partial charge on any atom is -0.507 e. The van der Waals surface area contributed by atoms with Crippen molar-refractivity contribution < 1.29 is 28.9 Å². The number of Topliss-reactive ketones (excluding diaryl/α,β-unsaturated/α-hetero) is 1. The summed E-state index contributed by atoms with van der Waals surface area (Å²) in [4.78, 5) is 28.7. The Hall–Kier alpha value is -4.87. The van der Waals surface area contributed by atoms with Crippen LogP contribution in [-0.2, 0) is 15.3 Å². The summed E-state index contributed by atoms with van der Waals surface area (Å²) < 4.78 is 17.1. The van der Waals surface area contributed by atoms with Crippen molar-refractivity contribution in [3.05, 3.63) is 107 Å². The van der Waals surface area contributed by atoms with E-state index in [2.05, 4.69) is 34.5 Å². The monoisotopic (exact) mass is 653 g/mol. The molecule has 1 N–H and O–H groups in total. The van der Waals surface area contributed by atoms with E-state index in [-0.39, 0.29) is 16.5 Å². The number of carbonyl (C=O) groups is 2. The van der Waals surface area contributed by atoms with Gasteiger partial charge in [0.25, 0.3) is 5.78 Å². The van der Waals surface area contributed by atoms with Crippen molar-refractivity contribution in [3.8, 4) is 17.2 Å². The molecule has 234 valence electrons. The van der Waals surface area contributed by atoms with E-state index >= 15 is 0 Å². The molecule has 1 unspecified atom stereocenters. The lowest BCUT2D eigenvalue weighted by Crippen LogP contribution is -2.29. The van der Waals surface area contributed by atoms with E-state index < -0.39 is 17.7 Å². The fourth-order valence-corrected chi connectivity index (χ4v) is 7.24. The molecular formula is C35H31N3O6S2. The van der Waals surface area contributed by atoms with E-state index in [1.807, 2.05) is 25.1 Å². The Morgan fingerprint density at radius 1 is 0.935 bits per heavy atom. The zero-order valence-corrected chi connectivity index (χ0v) is 27.1. The number of rotatable bonds is 11. The number of amides is 1. The van der Waals surface area contributed by atoms with Gasteiger partial charge in [0, 0.05) is 11.3 Å². The molecule has 0 bridgehead atoms. The summed E-state index contributed by atoms with van der Waals surface area (Å²) in [6.07, 6.45) is 0.852. The Labute approximate surface area is 274 Å². The number of ketones is 1. The second-order valence-electron chi connectivity index (χ2n) is 10.4. The molecule has 2 heterocycles. The maximum atomic E-state index is 13.7. The highest BCUT2D eigenvalue weighted by Gasteiger charge is 2.48. The van der Waals surface area contributed by atoms with E-state index in [0.717, 1.165) is 22.8 Å². The number of aromatic nitrogens is 2. The van der Waals surface area contributed by atoms with Crippen LogP contribution in [0.5, 0.6) is 17.2 Å². The molecule has 0 saturated carbocycles. The van der Waals surface area contributed by atoms with Gasteiger partial charge >= 0.3 is 5.91 Å². The molecule has 0 radical (unpaired) electrons. The molecule has 0 aliphatic carbocycles. The highest BCUT2D eigenvalue weighted by molar-refractivity contribution is 8.00. The van der Waals surface area contributed by atoms with Gasteiger partial charge < -0.3 is 19.3 Å². The molecule has 1 aromatic heterocycles. The van der Waals surface area contributed by atoms with Crippen LogP contribution in [-0.4, -0.2) is 47.8 Å². The first-order chi connectivity index (χ1) is 22.4. The van der Waals surface area contributed by atoms with Crippen molar-refractivity contribution in [1.82, 2.24) is 10.2 Å². The molecule has 4 aromatic carbocycles. The van der Waals surface area contributed by atoms with Gasteiger partial charge in [-0.2, -0.15) is 0 Å². The van der Waals surface area contributed by atoms with E-state index in [1.54, 1.807) is 42.5 Å². The Morgan fingerprint density at radius 2 is 1.70 bits per heavy atom. The van der Waals surface area contributed by atoms with E-state index in [0.29, 0.717) is 45.1 Å². The van der Waals surface area contributed by atoms with Crippen LogP contribution >= 0.6 is 23.1 Å². The molecule has 9 nitrogen and oxygen atoms in total. The standard InChI is InChI=1S/C35H31N3O6S2/c1-4-18-44-25-15-12-22(13-16-25)30-29(31(39)23-14-17-27(42-2)28(19-23)43-3)32(40)33(41)38(30)34-36-37-35(46-34)45-20-24-10-7-9-21-8-5-6-11-26(21)24/h5-17,19,30,39H,4,18,20H2,1-3H3/b31-29+. The second-order valence-corrected chi connectivity index (χ2v) is 12.6. The lowest BCUT2D eigenvalue weighted by Gasteiger charge is -2.23. The molecule has 11 heteroatoms. The van der Waals surface area contributed by atoms with Gasteiger partial charge in [-0.05, 0) is 58.7 Å². The van der Waals surface area contributed by atoms with Crippen LogP contribution in [0.25, 0.3) is 16.5 Å². The summed E-state index contributed by atoms with van der Waals surface area (Å²) in [5.74, 6) is 0.159. The van der Waals surface area contributed by atoms with Crippen molar-refractivity contribution >= 4 is 56.5 Å². The number of carbonyl (C=O) groups excluding carboxylic acids is 2. The lowest BCUT2D eigenvalue weighted by atomic mass is 9.95. The molecule has 1 amide bonds. The number of hydrogen-bond acceptors (Lipinski definition) is 10. The largest absolute Gasteiger partial charge is 0.507 e. The number of thioether (sulfide) groups is 1. The topological polar surface area (TPSA) is 111 Å².